The first-order valence-corrected chi connectivity index (χ1v) is 5.69. The highest BCUT2D eigenvalue weighted by molar-refractivity contribution is 5.50. The van der Waals surface area contributed by atoms with Crippen molar-refractivity contribution < 1.29 is 13.2 Å². The van der Waals surface area contributed by atoms with Crippen LogP contribution in [0.25, 0.3) is 0 Å². The molecule has 1 aliphatic heterocycles. The number of hydrogen-bond donors (Lipinski definition) is 1. The number of anilines is 1. The molecule has 1 fully saturated rings. The summed E-state index contributed by atoms with van der Waals surface area (Å²) in [5.74, 6) is -0.988. The molecule has 2 rings (SSSR count). The number of halogens is 3. The molecule has 2 nitrogen and oxygen atoms in total. The largest absolute Gasteiger partial charge is 0.366 e. The summed E-state index contributed by atoms with van der Waals surface area (Å²) in [6, 6.07) is 2.29. The lowest BCUT2D eigenvalue weighted by molar-refractivity contribution is 0.364. The minimum Gasteiger partial charge on any atom is -0.366 e. The first-order chi connectivity index (χ1) is 8.11. The molecule has 2 N–H and O–H groups in total. The quantitative estimate of drug-likeness (QED) is 0.881. The van der Waals surface area contributed by atoms with Gasteiger partial charge in [-0.05, 0) is 31.0 Å². The van der Waals surface area contributed by atoms with Crippen molar-refractivity contribution in [3.05, 3.63) is 29.3 Å². The molecule has 0 spiro atoms. The van der Waals surface area contributed by atoms with Gasteiger partial charge in [0, 0.05) is 19.2 Å². The molecule has 1 aliphatic rings. The molecule has 0 amide bonds. The maximum absolute atomic E-state index is 13.8. The van der Waals surface area contributed by atoms with Crippen molar-refractivity contribution in [2.75, 3.05) is 24.5 Å². The van der Waals surface area contributed by atoms with E-state index in [0.717, 1.165) is 12.1 Å². The van der Waals surface area contributed by atoms with Gasteiger partial charge in [0.05, 0.1) is 5.69 Å². The van der Waals surface area contributed by atoms with Gasteiger partial charge in [-0.15, -0.1) is 0 Å². The number of nitrogens with zero attached hydrogens (tertiary/aromatic N) is 1. The van der Waals surface area contributed by atoms with Crippen molar-refractivity contribution >= 4 is 5.69 Å². The van der Waals surface area contributed by atoms with Crippen LogP contribution in [0, 0.1) is 11.6 Å². The lowest BCUT2D eigenvalue weighted by atomic mass is 10.1. The van der Waals surface area contributed by atoms with Crippen molar-refractivity contribution in [2.45, 2.75) is 19.0 Å². The topological polar surface area (TPSA) is 29.3 Å². The zero-order chi connectivity index (χ0) is 12.4. The molecule has 0 aromatic heterocycles. The van der Waals surface area contributed by atoms with Crippen LogP contribution in [0.1, 0.15) is 12.0 Å². The maximum Gasteiger partial charge on any atom is 0.146 e. The summed E-state index contributed by atoms with van der Waals surface area (Å²) in [6.45, 7) is 0.826. The van der Waals surface area contributed by atoms with Crippen LogP contribution in [0.15, 0.2) is 12.1 Å². The van der Waals surface area contributed by atoms with E-state index in [-0.39, 0.29) is 24.3 Å². The maximum atomic E-state index is 13.8. The highest BCUT2D eigenvalue weighted by Crippen LogP contribution is 2.27. The molecule has 1 aromatic rings. The first-order valence-electron chi connectivity index (χ1n) is 5.69. The molecule has 1 unspecified atom stereocenters. The van der Waals surface area contributed by atoms with E-state index in [4.69, 9.17) is 5.73 Å². The molecule has 1 saturated heterocycles. The SMILES string of the molecule is NCCc1cc(F)c(N2CCC(F)C2)cc1F. The van der Waals surface area contributed by atoms with Gasteiger partial charge in [-0.2, -0.15) is 0 Å². The third kappa shape index (κ3) is 2.54. The first kappa shape index (κ1) is 12.2. The van der Waals surface area contributed by atoms with Crippen LogP contribution >= 0.6 is 0 Å². The summed E-state index contributed by atoms with van der Waals surface area (Å²) >= 11 is 0. The van der Waals surface area contributed by atoms with E-state index in [2.05, 4.69) is 0 Å². The van der Waals surface area contributed by atoms with Crippen LogP contribution in [0.3, 0.4) is 0 Å². The zero-order valence-electron chi connectivity index (χ0n) is 9.43. The van der Waals surface area contributed by atoms with Crippen LogP contribution in [-0.2, 0) is 6.42 Å². The molecular formula is C12H15F3N2. The second-order valence-electron chi connectivity index (χ2n) is 4.27. The van der Waals surface area contributed by atoms with Crippen molar-refractivity contribution in [1.82, 2.24) is 0 Å². The molecule has 1 aromatic carbocycles. The molecule has 94 valence electrons. The molecular weight excluding hydrogens is 229 g/mol. The summed E-state index contributed by atoms with van der Waals surface area (Å²) < 4.78 is 40.4. The Hall–Kier alpha value is -1.23. The molecule has 0 saturated carbocycles. The third-order valence-electron chi connectivity index (χ3n) is 3.00. The minimum absolute atomic E-state index is 0.132. The Labute approximate surface area is 98.2 Å². The van der Waals surface area contributed by atoms with Gasteiger partial charge in [-0.25, -0.2) is 13.2 Å². The minimum atomic E-state index is -0.957. The van der Waals surface area contributed by atoms with Gasteiger partial charge < -0.3 is 10.6 Å². The molecule has 0 bridgehead atoms. The van der Waals surface area contributed by atoms with Gasteiger partial charge in [0.2, 0.25) is 0 Å². The highest BCUT2D eigenvalue weighted by Gasteiger charge is 2.24. The van der Waals surface area contributed by atoms with Crippen LogP contribution in [0.4, 0.5) is 18.9 Å². The Morgan fingerprint density at radius 3 is 2.65 bits per heavy atom. The second kappa shape index (κ2) is 4.96. The Morgan fingerprint density at radius 1 is 1.29 bits per heavy atom. The van der Waals surface area contributed by atoms with Gasteiger partial charge in [0.15, 0.2) is 0 Å². The molecule has 0 radical (unpaired) electrons. The standard InChI is InChI=1S/C12H15F3N2/c13-9-2-4-17(7-9)12-6-10(14)8(1-3-16)5-11(12)15/h5-6,9H,1-4,7,16H2. The summed E-state index contributed by atoms with van der Waals surface area (Å²) in [6.07, 6.45) is -0.290. The Morgan fingerprint density at radius 2 is 2.06 bits per heavy atom. The van der Waals surface area contributed by atoms with E-state index in [9.17, 15) is 13.2 Å². The van der Waals surface area contributed by atoms with Crippen molar-refractivity contribution in [2.24, 2.45) is 5.73 Å². The fraction of sp³-hybridized carbons (Fsp3) is 0.500. The summed E-state index contributed by atoms with van der Waals surface area (Å²) in [4.78, 5) is 1.54. The van der Waals surface area contributed by atoms with Crippen LogP contribution in [0.2, 0.25) is 0 Å². The van der Waals surface area contributed by atoms with Crippen molar-refractivity contribution in [1.29, 1.82) is 0 Å². The third-order valence-corrected chi connectivity index (χ3v) is 3.00. The van der Waals surface area contributed by atoms with E-state index in [1.165, 1.54) is 4.90 Å². The molecule has 17 heavy (non-hydrogen) atoms. The fourth-order valence-electron chi connectivity index (χ4n) is 2.10. The Balaban J connectivity index is 2.26. The van der Waals surface area contributed by atoms with E-state index < -0.39 is 17.8 Å². The average molecular weight is 244 g/mol. The van der Waals surface area contributed by atoms with Gasteiger partial charge in [-0.3, -0.25) is 0 Å². The number of nitrogens with two attached hydrogens (primary N) is 1. The lowest BCUT2D eigenvalue weighted by Crippen LogP contribution is -2.21. The predicted octanol–water partition coefficient (Wildman–Crippen LogP) is 2.01. The smallest absolute Gasteiger partial charge is 0.146 e. The summed E-state index contributed by atoms with van der Waals surface area (Å²) in [5, 5.41) is 0. The van der Waals surface area contributed by atoms with Gasteiger partial charge in [0.25, 0.3) is 0 Å². The molecule has 1 atom stereocenters. The summed E-state index contributed by atoms with van der Waals surface area (Å²) in [7, 11) is 0. The van der Waals surface area contributed by atoms with Gasteiger partial charge in [0.1, 0.15) is 17.8 Å². The monoisotopic (exact) mass is 244 g/mol. The van der Waals surface area contributed by atoms with Gasteiger partial charge in [-0.1, -0.05) is 0 Å². The second-order valence-corrected chi connectivity index (χ2v) is 4.27. The van der Waals surface area contributed by atoms with E-state index >= 15 is 0 Å². The lowest BCUT2D eigenvalue weighted by Gasteiger charge is -2.19. The van der Waals surface area contributed by atoms with Crippen molar-refractivity contribution in [3.63, 3.8) is 0 Å². The molecule has 0 aliphatic carbocycles. The average Bonchev–Trinajstić information content (AvgIpc) is 2.70. The Bertz CT molecular complexity index is 409. The van der Waals surface area contributed by atoms with Gasteiger partial charge >= 0.3 is 0 Å². The highest BCUT2D eigenvalue weighted by atomic mass is 19.1. The normalized spacial score (nSPS) is 20.0. The van der Waals surface area contributed by atoms with Crippen molar-refractivity contribution in [3.8, 4) is 0 Å². The van der Waals surface area contributed by atoms with E-state index in [1.807, 2.05) is 0 Å². The fourth-order valence-corrected chi connectivity index (χ4v) is 2.10. The molecule has 1 heterocycles. The summed E-state index contributed by atoms with van der Waals surface area (Å²) in [5.41, 5.74) is 5.72. The predicted molar refractivity (Wildman–Crippen MR) is 60.8 cm³/mol. The number of benzene rings is 1. The Kier molecular flexibility index (Phi) is 3.57. The number of rotatable bonds is 3. The number of alkyl halides is 1. The zero-order valence-corrected chi connectivity index (χ0v) is 9.43. The molecule has 5 heteroatoms. The van der Waals surface area contributed by atoms with Crippen LogP contribution in [-0.4, -0.2) is 25.8 Å². The van der Waals surface area contributed by atoms with Crippen LogP contribution < -0.4 is 10.6 Å². The van der Waals surface area contributed by atoms with E-state index in [1.54, 1.807) is 0 Å². The van der Waals surface area contributed by atoms with Crippen LogP contribution in [0.5, 0.6) is 0 Å². The number of hydrogen-bond acceptors (Lipinski definition) is 2. The van der Waals surface area contributed by atoms with E-state index in [0.29, 0.717) is 19.4 Å².